The second-order valence-corrected chi connectivity index (χ2v) is 7.13. The number of carboxylic acid groups (broad SMARTS) is 1. The minimum Gasteiger partial charge on any atom is -0.479 e. The van der Waals surface area contributed by atoms with Gasteiger partial charge in [0.05, 0.1) is 4.90 Å². The molecule has 0 heterocycles. The average molecular weight is 328 g/mol. The predicted octanol–water partition coefficient (Wildman–Crippen LogP) is -0.438. The summed E-state index contributed by atoms with van der Waals surface area (Å²) in [6, 6.07) is 5.83. The third-order valence-corrected chi connectivity index (χ3v) is 5.40. The van der Waals surface area contributed by atoms with Gasteiger partial charge in [-0.05, 0) is 31.9 Å². The predicted molar refractivity (Wildman–Crippen MR) is 82.8 cm³/mol. The fourth-order valence-corrected chi connectivity index (χ4v) is 3.39. The Morgan fingerprint density at radius 3 is 2.27 bits per heavy atom. The normalized spacial score (nSPS) is 14.1. The first kappa shape index (κ1) is 17.9. The van der Waals surface area contributed by atoms with Crippen LogP contribution in [0.15, 0.2) is 34.2 Å². The Balaban J connectivity index is 3.09. The van der Waals surface area contributed by atoms with Gasteiger partial charge >= 0.3 is 5.97 Å². The van der Waals surface area contributed by atoms with Crippen molar-refractivity contribution in [1.29, 1.82) is 0 Å². The van der Waals surface area contributed by atoms with E-state index >= 15 is 0 Å². The van der Waals surface area contributed by atoms with Crippen molar-refractivity contribution in [1.82, 2.24) is 0 Å². The second-order valence-electron chi connectivity index (χ2n) is 4.92. The van der Waals surface area contributed by atoms with Gasteiger partial charge in [-0.2, -0.15) is 0 Å². The van der Waals surface area contributed by atoms with Gasteiger partial charge in [-0.25, -0.2) is 13.2 Å². The molecule has 1 aromatic rings. The number of aryl methyl sites for hydroxylation is 1. The Morgan fingerprint density at radius 2 is 1.82 bits per heavy atom. The number of rotatable bonds is 7. The zero-order chi connectivity index (χ0) is 17.0. The zero-order valence-corrected chi connectivity index (χ0v) is 13.0. The van der Waals surface area contributed by atoms with E-state index in [1.165, 1.54) is 12.1 Å². The third kappa shape index (κ3) is 3.74. The van der Waals surface area contributed by atoms with Crippen molar-refractivity contribution >= 4 is 21.8 Å². The number of hydrogen-bond donors (Lipinski definition) is 4. The molecule has 22 heavy (non-hydrogen) atoms. The highest BCUT2D eigenvalue weighted by molar-refractivity contribution is 7.93. The highest BCUT2D eigenvalue weighted by Crippen LogP contribution is 2.26. The van der Waals surface area contributed by atoms with Crippen molar-refractivity contribution in [3.8, 4) is 0 Å². The average Bonchev–Trinajstić information content (AvgIpc) is 2.43. The molecule has 122 valence electrons. The first-order chi connectivity index (χ1) is 10.1. The van der Waals surface area contributed by atoms with Crippen LogP contribution in [0.1, 0.15) is 18.4 Å². The molecule has 0 aromatic heterocycles. The summed E-state index contributed by atoms with van der Waals surface area (Å²) in [5.74, 6) is -1.77. The molecule has 0 unspecified atom stereocenters. The summed E-state index contributed by atoms with van der Waals surface area (Å²) in [5, 5.41) is 9.30. The molecule has 1 atom stereocenters. The van der Waals surface area contributed by atoms with Crippen molar-refractivity contribution < 1.29 is 18.3 Å². The molecule has 0 aliphatic rings. The second kappa shape index (κ2) is 6.75. The largest absolute Gasteiger partial charge is 0.479 e. The fourth-order valence-electron chi connectivity index (χ4n) is 1.83. The van der Waals surface area contributed by atoms with Gasteiger partial charge in [0.15, 0.2) is 5.96 Å². The molecule has 0 spiro atoms. The molecule has 1 aromatic carbocycles. The standard InChI is InChI=1S/C13H20N4O4S/c1-9-3-5-10(6-4-9)22(20,21)13(16,11(18)19)7-2-8-17-12(14)15/h3-6H,2,7-8,16H2,1H3,(H,18,19)(H4,14,15,17)/t13-/m0/s1. The molecule has 8 nitrogen and oxygen atoms in total. The SMILES string of the molecule is Cc1ccc(S(=O)(=O)[C@@](N)(CCCN=C(N)N)C(=O)O)cc1. The molecular formula is C13H20N4O4S. The Kier molecular flexibility index (Phi) is 5.50. The summed E-state index contributed by atoms with van der Waals surface area (Å²) in [7, 11) is -4.25. The van der Waals surface area contributed by atoms with E-state index < -0.39 is 20.7 Å². The van der Waals surface area contributed by atoms with E-state index in [1.807, 2.05) is 0 Å². The van der Waals surface area contributed by atoms with Crippen molar-refractivity contribution in [2.75, 3.05) is 6.54 Å². The van der Waals surface area contributed by atoms with Crippen molar-refractivity contribution in [3.63, 3.8) is 0 Å². The molecule has 7 N–H and O–H groups in total. The van der Waals surface area contributed by atoms with Crippen molar-refractivity contribution in [2.45, 2.75) is 29.5 Å². The van der Waals surface area contributed by atoms with Crippen molar-refractivity contribution in [2.24, 2.45) is 22.2 Å². The number of hydrogen-bond acceptors (Lipinski definition) is 5. The van der Waals surface area contributed by atoms with Gasteiger partial charge < -0.3 is 22.3 Å². The molecule has 0 aliphatic carbocycles. The number of aliphatic imine (C=N–C) groups is 1. The third-order valence-electron chi connectivity index (χ3n) is 3.17. The smallest absolute Gasteiger partial charge is 0.339 e. The number of aliphatic carboxylic acids is 1. The molecule has 0 saturated heterocycles. The molecule has 0 saturated carbocycles. The van der Waals surface area contributed by atoms with E-state index in [4.69, 9.17) is 17.2 Å². The molecule has 9 heteroatoms. The van der Waals surface area contributed by atoms with E-state index in [0.29, 0.717) is 0 Å². The van der Waals surface area contributed by atoms with Gasteiger partial charge in [-0.15, -0.1) is 0 Å². The maximum Gasteiger partial charge on any atom is 0.339 e. The van der Waals surface area contributed by atoms with Crippen LogP contribution in [0.3, 0.4) is 0 Å². The van der Waals surface area contributed by atoms with E-state index in [0.717, 1.165) is 5.56 Å². The molecule has 0 fully saturated rings. The number of benzene rings is 1. The van der Waals surface area contributed by atoms with Crippen LogP contribution < -0.4 is 17.2 Å². The van der Waals surface area contributed by atoms with Gasteiger partial charge in [-0.1, -0.05) is 17.7 Å². The van der Waals surface area contributed by atoms with Crippen LogP contribution in [0.5, 0.6) is 0 Å². The minimum absolute atomic E-state index is 0.0952. The molecule has 0 radical (unpaired) electrons. The Hall–Kier alpha value is -2.13. The highest BCUT2D eigenvalue weighted by Gasteiger charge is 2.47. The van der Waals surface area contributed by atoms with Gasteiger partial charge in [0.2, 0.25) is 14.7 Å². The first-order valence-corrected chi connectivity index (χ1v) is 7.98. The molecule has 1 rings (SSSR count). The van der Waals surface area contributed by atoms with Crippen LogP contribution in [-0.2, 0) is 14.6 Å². The lowest BCUT2D eigenvalue weighted by Crippen LogP contribution is -2.54. The van der Waals surface area contributed by atoms with Crippen molar-refractivity contribution in [3.05, 3.63) is 29.8 Å². The summed E-state index contributed by atoms with van der Waals surface area (Å²) in [4.78, 5) is 12.6. The quantitative estimate of drug-likeness (QED) is 0.299. The van der Waals surface area contributed by atoms with Gasteiger partial charge in [-0.3, -0.25) is 4.99 Å². The topological polar surface area (TPSA) is 162 Å². The molecule has 0 bridgehead atoms. The number of carboxylic acids is 1. The summed E-state index contributed by atoms with van der Waals surface area (Å²) in [6.07, 6.45) is -0.193. The van der Waals surface area contributed by atoms with Gasteiger partial charge in [0, 0.05) is 6.54 Å². The maximum atomic E-state index is 12.5. The van der Waals surface area contributed by atoms with E-state index in [9.17, 15) is 18.3 Å². The zero-order valence-electron chi connectivity index (χ0n) is 12.2. The maximum absolute atomic E-state index is 12.5. The Bertz CT molecular complexity index is 666. The molecule has 0 aliphatic heterocycles. The fraction of sp³-hybridized carbons (Fsp3) is 0.385. The first-order valence-electron chi connectivity index (χ1n) is 6.50. The molecular weight excluding hydrogens is 308 g/mol. The van der Waals surface area contributed by atoms with Gasteiger partial charge in [0.1, 0.15) is 0 Å². The summed E-state index contributed by atoms with van der Waals surface area (Å²) in [6.45, 7) is 1.89. The summed E-state index contributed by atoms with van der Waals surface area (Å²) >= 11 is 0. The Morgan fingerprint density at radius 1 is 1.27 bits per heavy atom. The summed E-state index contributed by atoms with van der Waals surface area (Å²) in [5.41, 5.74) is 16.9. The molecule has 0 amide bonds. The Labute approximate surface area is 128 Å². The highest BCUT2D eigenvalue weighted by atomic mass is 32.2. The monoisotopic (exact) mass is 328 g/mol. The van der Waals surface area contributed by atoms with Crippen LogP contribution >= 0.6 is 0 Å². The van der Waals surface area contributed by atoms with E-state index in [2.05, 4.69) is 4.99 Å². The van der Waals surface area contributed by atoms with Crippen LogP contribution in [0.2, 0.25) is 0 Å². The van der Waals surface area contributed by atoms with Crippen LogP contribution in [0.4, 0.5) is 0 Å². The van der Waals surface area contributed by atoms with E-state index in [1.54, 1.807) is 19.1 Å². The number of guanidine groups is 1. The number of sulfone groups is 1. The van der Waals surface area contributed by atoms with Crippen LogP contribution in [0, 0.1) is 6.92 Å². The number of nitrogens with zero attached hydrogens (tertiary/aromatic N) is 1. The van der Waals surface area contributed by atoms with Crippen LogP contribution in [-0.4, -0.2) is 36.9 Å². The lowest BCUT2D eigenvalue weighted by atomic mass is 10.1. The lowest BCUT2D eigenvalue weighted by molar-refractivity contribution is -0.140. The van der Waals surface area contributed by atoms with Gasteiger partial charge in [0.25, 0.3) is 0 Å². The van der Waals surface area contributed by atoms with E-state index in [-0.39, 0.29) is 30.2 Å². The number of carbonyl (C=O) groups is 1. The minimum atomic E-state index is -4.25. The number of nitrogens with two attached hydrogens (primary N) is 3. The van der Waals surface area contributed by atoms with Crippen LogP contribution in [0.25, 0.3) is 0 Å². The lowest BCUT2D eigenvalue weighted by Gasteiger charge is -2.24. The summed E-state index contributed by atoms with van der Waals surface area (Å²) < 4.78 is 25.1.